The zero-order chi connectivity index (χ0) is 32.2. The molecule has 1 atom stereocenters. The van der Waals surface area contributed by atoms with Gasteiger partial charge in [-0.1, -0.05) is 167 Å². The average Bonchev–Trinajstić information content (AvgIpc) is 2.94. The second-order valence-electron chi connectivity index (χ2n) is 12.3. The van der Waals surface area contributed by atoms with E-state index in [1.807, 2.05) is 0 Å². The number of unbranched alkanes of at least 4 members (excludes halogenated alkanes) is 25. The maximum Gasteiger partial charge on any atom is 0.549 e. The smallest absolute Gasteiger partial charge is 0.434 e. The van der Waals surface area contributed by atoms with Crippen molar-refractivity contribution >= 4 is 24.4 Å². The van der Waals surface area contributed by atoms with Gasteiger partial charge in [0.2, 0.25) is 0 Å². The summed E-state index contributed by atoms with van der Waals surface area (Å²) in [6.07, 6.45) is 24.9. The molecule has 1 unspecified atom stereocenters. The summed E-state index contributed by atoms with van der Waals surface area (Å²) < 4.78 is 2.00. The molecule has 0 aromatic carbocycles. The number of hydrogen-bond donors (Lipinski definition) is 3. The SMILES string of the molecule is CCCCCCCCCCCCCCCCCCCCCCCCCCCCC(C)OC(=O)[N+](C(=O)O)(C(=O)O)C(=O)O. The minimum Gasteiger partial charge on any atom is -0.434 e. The first-order chi connectivity index (χ1) is 20.7. The highest BCUT2D eigenvalue weighted by Crippen LogP contribution is 2.19. The van der Waals surface area contributed by atoms with Crippen LogP contribution in [0.2, 0.25) is 0 Å². The average molecular weight is 615 g/mol. The molecule has 0 fully saturated rings. The second kappa shape index (κ2) is 27.4. The number of imide groups is 6. The Balaban J connectivity index is 3.48. The molecule has 0 aliphatic carbocycles. The third-order valence-corrected chi connectivity index (χ3v) is 8.40. The maximum atomic E-state index is 12.1. The highest BCUT2D eigenvalue weighted by atomic mass is 16.6. The fourth-order valence-corrected chi connectivity index (χ4v) is 5.54. The van der Waals surface area contributed by atoms with E-state index in [2.05, 4.69) is 6.92 Å². The Morgan fingerprint density at radius 3 is 0.930 bits per heavy atom. The predicted molar refractivity (Wildman–Crippen MR) is 171 cm³/mol. The molecule has 0 bridgehead atoms. The van der Waals surface area contributed by atoms with E-state index in [1.165, 1.54) is 148 Å². The fraction of sp³-hybridized carbons (Fsp3) is 0.882. The van der Waals surface area contributed by atoms with Crippen molar-refractivity contribution in [1.29, 1.82) is 0 Å². The molecular formula is C34H64NO8+. The lowest BCUT2D eigenvalue weighted by Crippen LogP contribution is -2.63. The third-order valence-electron chi connectivity index (χ3n) is 8.40. The number of carbonyl (C=O) groups is 4. The van der Waals surface area contributed by atoms with Crippen molar-refractivity contribution in [3.63, 3.8) is 0 Å². The highest BCUT2D eigenvalue weighted by molar-refractivity contribution is 6.00. The number of amides is 4. The first-order valence-electron chi connectivity index (χ1n) is 17.5. The molecule has 43 heavy (non-hydrogen) atoms. The minimum absolute atomic E-state index is 0.407. The van der Waals surface area contributed by atoms with Crippen LogP contribution in [0.4, 0.5) is 19.2 Å². The molecule has 0 rings (SSSR count). The molecule has 9 nitrogen and oxygen atoms in total. The molecular weight excluding hydrogens is 550 g/mol. The Hall–Kier alpha value is -2.16. The molecule has 0 aromatic heterocycles. The zero-order valence-corrected chi connectivity index (χ0v) is 27.5. The van der Waals surface area contributed by atoms with Crippen molar-refractivity contribution in [3.8, 4) is 0 Å². The molecule has 252 valence electrons. The summed E-state index contributed by atoms with van der Waals surface area (Å²) >= 11 is 0. The number of ether oxygens (including phenoxy) is 1. The first-order valence-corrected chi connectivity index (χ1v) is 17.5. The number of hydrogen-bond acceptors (Lipinski definition) is 5. The van der Waals surface area contributed by atoms with E-state index in [-0.39, 0.29) is 0 Å². The van der Waals surface area contributed by atoms with Gasteiger partial charge in [-0.25, -0.2) is 0 Å². The van der Waals surface area contributed by atoms with Gasteiger partial charge in [0.05, 0.1) is 4.48 Å². The van der Waals surface area contributed by atoms with Crippen LogP contribution in [0.5, 0.6) is 0 Å². The molecule has 0 heterocycles. The number of carbonyl (C=O) groups excluding carboxylic acids is 1. The van der Waals surface area contributed by atoms with Gasteiger partial charge >= 0.3 is 24.4 Å². The van der Waals surface area contributed by atoms with E-state index in [0.29, 0.717) is 6.42 Å². The van der Waals surface area contributed by atoms with E-state index >= 15 is 0 Å². The van der Waals surface area contributed by atoms with Crippen LogP contribution >= 0.6 is 0 Å². The molecule has 0 aliphatic rings. The van der Waals surface area contributed by atoms with Gasteiger partial charge in [-0.05, 0) is 19.8 Å². The van der Waals surface area contributed by atoms with Crippen LogP contribution in [-0.2, 0) is 4.74 Å². The number of nitrogens with zero attached hydrogens (tertiary/aromatic N) is 1. The van der Waals surface area contributed by atoms with E-state index < -0.39 is 35.0 Å². The number of rotatable bonds is 28. The van der Waals surface area contributed by atoms with Gasteiger partial charge in [0, 0.05) is 0 Å². The lowest BCUT2D eigenvalue weighted by molar-refractivity contribution is -0.635. The maximum absolute atomic E-state index is 12.1. The number of quaternary nitrogens is 1. The van der Waals surface area contributed by atoms with Crippen molar-refractivity contribution < 1.29 is 43.7 Å². The standard InChI is InChI=1S/C34H63NO8/c1-3-4-5-6-7-8-9-10-11-12-13-14-15-16-17-18-19-20-21-22-23-24-25-26-27-28-29-30(2)43-34(42)35(31(36)37,32(38)39)33(40)41/h30H,3-29H2,1-2H3,(H2-,36,37,38,39,40,41)/p+1. The summed E-state index contributed by atoms with van der Waals surface area (Å²) in [6.45, 7) is 3.78. The largest absolute Gasteiger partial charge is 0.549 e. The lowest BCUT2D eigenvalue weighted by Gasteiger charge is -2.19. The molecule has 0 spiro atoms. The molecule has 3 N–H and O–H groups in total. The highest BCUT2D eigenvalue weighted by Gasteiger charge is 2.64. The van der Waals surface area contributed by atoms with Crippen LogP contribution in [0.25, 0.3) is 0 Å². The first kappa shape index (κ1) is 40.8. The van der Waals surface area contributed by atoms with Gasteiger partial charge in [-0.15, -0.1) is 0 Å². The molecule has 9 heteroatoms. The zero-order valence-electron chi connectivity index (χ0n) is 27.5. The second-order valence-corrected chi connectivity index (χ2v) is 12.3. The van der Waals surface area contributed by atoms with Crippen LogP contribution in [-0.4, -0.2) is 50.3 Å². The molecule has 4 amide bonds. The Morgan fingerprint density at radius 2 is 0.698 bits per heavy atom. The Kier molecular flexibility index (Phi) is 26.0. The number of carboxylic acid groups (broad SMARTS) is 3. The van der Waals surface area contributed by atoms with Crippen LogP contribution in [0.15, 0.2) is 0 Å². The summed E-state index contributed by atoms with van der Waals surface area (Å²) in [5, 5.41) is 27.1. The van der Waals surface area contributed by atoms with E-state index in [9.17, 15) is 19.2 Å². The van der Waals surface area contributed by atoms with E-state index in [1.54, 1.807) is 0 Å². The van der Waals surface area contributed by atoms with Crippen LogP contribution < -0.4 is 0 Å². The van der Waals surface area contributed by atoms with Crippen molar-refractivity contribution in [2.75, 3.05) is 0 Å². The summed E-state index contributed by atoms with van der Waals surface area (Å²) in [6, 6.07) is 0. The topological polar surface area (TPSA) is 138 Å². The van der Waals surface area contributed by atoms with E-state index in [4.69, 9.17) is 20.1 Å². The van der Waals surface area contributed by atoms with Crippen LogP contribution in [0, 0.1) is 0 Å². The molecule has 0 aromatic rings. The molecule has 0 aliphatic heterocycles. The van der Waals surface area contributed by atoms with E-state index in [0.717, 1.165) is 25.7 Å². The predicted octanol–water partition coefficient (Wildman–Crippen LogP) is 11.9. The van der Waals surface area contributed by atoms with Crippen LogP contribution in [0.1, 0.15) is 187 Å². The lowest BCUT2D eigenvalue weighted by atomic mass is 10.0. The monoisotopic (exact) mass is 614 g/mol. The van der Waals surface area contributed by atoms with Crippen LogP contribution in [0.3, 0.4) is 0 Å². The molecule has 0 saturated carbocycles. The van der Waals surface area contributed by atoms with Gasteiger partial charge in [0.1, 0.15) is 6.10 Å². The van der Waals surface area contributed by atoms with Gasteiger partial charge in [0.25, 0.3) is 0 Å². The minimum atomic E-state index is -2.84. The Bertz CT molecular complexity index is 706. The normalized spacial score (nSPS) is 12.2. The Labute approximate surface area is 261 Å². The van der Waals surface area contributed by atoms with Crippen molar-refractivity contribution in [3.05, 3.63) is 0 Å². The fourth-order valence-electron chi connectivity index (χ4n) is 5.54. The van der Waals surface area contributed by atoms with Gasteiger partial charge < -0.3 is 20.1 Å². The van der Waals surface area contributed by atoms with Crippen molar-refractivity contribution in [1.82, 2.24) is 0 Å². The van der Waals surface area contributed by atoms with Gasteiger partial charge in [0.15, 0.2) is 0 Å². The summed E-state index contributed by atoms with van der Waals surface area (Å²) in [5.74, 6) is 0. The van der Waals surface area contributed by atoms with Gasteiger partial charge in [-0.2, -0.15) is 19.2 Å². The summed E-state index contributed by atoms with van der Waals surface area (Å²) in [5.41, 5.74) is 0. The summed E-state index contributed by atoms with van der Waals surface area (Å²) in [7, 11) is 0. The Morgan fingerprint density at radius 1 is 0.465 bits per heavy atom. The third kappa shape index (κ3) is 19.7. The van der Waals surface area contributed by atoms with Crippen molar-refractivity contribution in [2.24, 2.45) is 0 Å². The molecule has 0 saturated heterocycles. The quantitative estimate of drug-likeness (QED) is 0.0584. The molecule has 0 radical (unpaired) electrons. The van der Waals surface area contributed by atoms with Crippen molar-refractivity contribution in [2.45, 2.75) is 193 Å². The summed E-state index contributed by atoms with van der Waals surface area (Å²) in [4.78, 5) is 45.7. The van der Waals surface area contributed by atoms with Gasteiger partial charge in [-0.3, -0.25) is 0 Å².